The van der Waals surface area contributed by atoms with Gasteiger partial charge in [0.1, 0.15) is 11.4 Å². The van der Waals surface area contributed by atoms with Crippen LogP contribution in [0.2, 0.25) is 5.02 Å². The molecule has 2 aromatic carbocycles. The molecule has 1 aliphatic rings. The van der Waals surface area contributed by atoms with Crippen LogP contribution in [0.15, 0.2) is 42.5 Å². The number of hydrogen-bond donors (Lipinski definition) is 1. The largest absolute Gasteiger partial charge is 0.350 e. The molecule has 1 fully saturated rings. The number of halogens is 2. The van der Waals surface area contributed by atoms with Gasteiger partial charge in [0.15, 0.2) is 0 Å². The van der Waals surface area contributed by atoms with Gasteiger partial charge >= 0.3 is 0 Å². The minimum atomic E-state index is -3.72. The van der Waals surface area contributed by atoms with E-state index in [0.717, 1.165) is 10.6 Å². The fourth-order valence-corrected chi connectivity index (χ4v) is 4.59. The SMILES string of the molecule is Cc1c(Cl)cccc1N1C(=O)CN(S(C)(=O)=O)C[C@]1(C)C(=O)NCc1ccc(F)cc1. The van der Waals surface area contributed by atoms with E-state index in [4.69, 9.17) is 11.6 Å². The van der Waals surface area contributed by atoms with Crippen molar-refractivity contribution in [3.63, 3.8) is 0 Å². The van der Waals surface area contributed by atoms with Crippen molar-refractivity contribution >= 4 is 39.1 Å². The van der Waals surface area contributed by atoms with Gasteiger partial charge in [-0.2, -0.15) is 4.31 Å². The standard InChI is InChI=1S/C21H23ClFN3O4S/c1-14-17(22)5-4-6-18(14)26-19(27)12-25(31(3,29)30)13-21(26,2)20(28)24-11-15-7-9-16(23)10-8-15/h4-10H,11-13H2,1-3H3,(H,24,28)/t21-/m1/s1. The highest BCUT2D eigenvalue weighted by Gasteiger charge is 2.50. The van der Waals surface area contributed by atoms with Gasteiger partial charge < -0.3 is 5.32 Å². The van der Waals surface area contributed by atoms with Crippen LogP contribution in [0.25, 0.3) is 0 Å². The molecule has 0 radical (unpaired) electrons. The molecule has 0 aromatic heterocycles. The Morgan fingerprint density at radius 2 is 1.87 bits per heavy atom. The molecule has 1 aliphatic heterocycles. The summed E-state index contributed by atoms with van der Waals surface area (Å²) in [6.45, 7) is 2.72. The molecule has 1 heterocycles. The number of carbonyl (C=O) groups excluding carboxylic acids is 2. The Labute approximate surface area is 185 Å². The minimum absolute atomic E-state index is 0.0874. The molecule has 10 heteroatoms. The number of piperazine rings is 1. The predicted octanol–water partition coefficient (Wildman–Crippen LogP) is 2.47. The fraction of sp³-hybridized carbons (Fsp3) is 0.333. The maximum Gasteiger partial charge on any atom is 0.247 e. The summed E-state index contributed by atoms with van der Waals surface area (Å²) in [5.74, 6) is -1.48. The molecule has 31 heavy (non-hydrogen) atoms. The lowest BCUT2D eigenvalue weighted by Gasteiger charge is -2.47. The lowest BCUT2D eigenvalue weighted by atomic mass is 9.93. The van der Waals surface area contributed by atoms with E-state index >= 15 is 0 Å². The van der Waals surface area contributed by atoms with Crippen molar-refractivity contribution in [3.8, 4) is 0 Å². The van der Waals surface area contributed by atoms with E-state index in [1.165, 1.54) is 36.1 Å². The second-order valence-electron chi connectivity index (χ2n) is 7.73. The summed E-state index contributed by atoms with van der Waals surface area (Å²) in [7, 11) is -3.72. The summed E-state index contributed by atoms with van der Waals surface area (Å²) >= 11 is 6.23. The Morgan fingerprint density at radius 3 is 2.48 bits per heavy atom. The van der Waals surface area contributed by atoms with Crippen LogP contribution in [0.4, 0.5) is 10.1 Å². The van der Waals surface area contributed by atoms with Crippen LogP contribution in [-0.2, 0) is 26.2 Å². The molecule has 3 rings (SSSR count). The number of benzene rings is 2. The van der Waals surface area contributed by atoms with E-state index < -0.39 is 33.2 Å². The average Bonchev–Trinajstić information content (AvgIpc) is 2.69. The van der Waals surface area contributed by atoms with Crippen molar-refractivity contribution in [2.75, 3.05) is 24.2 Å². The average molecular weight is 468 g/mol. The number of nitrogens with one attached hydrogen (secondary N) is 1. The van der Waals surface area contributed by atoms with Gasteiger partial charge in [-0.1, -0.05) is 29.8 Å². The van der Waals surface area contributed by atoms with E-state index in [1.54, 1.807) is 25.1 Å². The van der Waals surface area contributed by atoms with Gasteiger partial charge in [-0.25, -0.2) is 12.8 Å². The quantitative estimate of drug-likeness (QED) is 0.731. The highest BCUT2D eigenvalue weighted by molar-refractivity contribution is 7.88. The van der Waals surface area contributed by atoms with Gasteiger partial charge in [-0.15, -0.1) is 0 Å². The molecule has 0 unspecified atom stereocenters. The first-order valence-electron chi connectivity index (χ1n) is 9.49. The Morgan fingerprint density at radius 1 is 1.23 bits per heavy atom. The zero-order chi connectivity index (χ0) is 23.0. The molecule has 1 atom stereocenters. The summed E-state index contributed by atoms with van der Waals surface area (Å²) < 4.78 is 38.5. The van der Waals surface area contributed by atoms with Crippen LogP contribution in [0.3, 0.4) is 0 Å². The maximum absolute atomic E-state index is 13.3. The second-order valence-corrected chi connectivity index (χ2v) is 10.1. The molecule has 7 nitrogen and oxygen atoms in total. The molecule has 1 saturated heterocycles. The lowest BCUT2D eigenvalue weighted by Crippen LogP contribution is -2.70. The lowest BCUT2D eigenvalue weighted by molar-refractivity contribution is -0.133. The summed E-state index contributed by atoms with van der Waals surface area (Å²) in [6.07, 6.45) is 0.997. The van der Waals surface area contributed by atoms with Crippen LogP contribution in [0, 0.1) is 12.7 Å². The topological polar surface area (TPSA) is 86.8 Å². The van der Waals surface area contributed by atoms with E-state index in [9.17, 15) is 22.4 Å². The fourth-order valence-electron chi connectivity index (χ4n) is 3.59. The molecular weight excluding hydrogens is 445 g/mol. The number of amides is 2. The molecule has 1 N–H and O–H groups in total. The van der Waals surface area contributed by atoms with E-state index in [-0.39, 0.29) is 19.6 Å². The van der Waals surface area contributed by atoms with Crippen LogP contribution < -0.4 is 10.2 Å². The van der Waals surface area contributed by atoms with Gasteiger partial charge in [-0.3, -0.25) is 14.5 Å². The first-order chi connectivity index (χ1) is 14.4. The molecule has 2 amide bonds. The molecule has 166 valence electrons. The zero-order valence-electron chi connectivity index (χ0n) is 17.4. The third-order valence-electron chi connectivity index (χ3n) is 5.34. The van der Waals surface area contributed by atoms with Crippen LogP contribution in [0.1, 0.15) is 18.1 Å². The first kappa shape index (κ1) is 23.2. The van der Waals surface area contributed by atoms with Crippen molar-refractivity contribution < 1.29 is 22.4 Å². The molecular formula is C21H23ClFN3O4S. The Hall–Kier alpha value is -2.49. The number of hydrogen-bond acceptors (Lipinski definition) is 4. The number of sulfonamides is 1. The van der Waals surface area contributed by atoms with Crippen molar-refractivity contribution in [1.29, 1.82) is 0 Å². The smallest absolute Gasteiger partial charge is 0.247 e. The van der Waals surface area contributed by atoms with Crippen molar-refractivity contribution in [1.82, 2.24) is 9.62 Å². The highest BCUT2D eigenvalue weighted by atomic mass is 35.5. The monoisotopic (exact) mass is 467 g/mol. The molecule has 0 saturated carbocycles. The summed E-state index contributed by atoms with van der Waals surface area (Å²) in [5.41, 5.74) is 0.160. The zero-order valence-corrected chi connectivity index (χ0v) is 18.9. The second kappa shape index (κ2) is 8.57. The van der Waals surface area contributed by atoms with E-state index in [0.29, 0.717) is 21.8 Å². The Kier molecular flexibility index (Phi) is 6.40. The number of anilines is 1. The minimum Gasteiger partial charge on any atom is -0.350 e. The van der Waals surface area contributed by atoms with Crippen molar-refractivity contribution in [3.05, 3.63) is 64.4 Å². The van der Waals surface area contributed by atoms with Crippen molar-refractivity contribution in [2.45, 2.75) is 25.9 Å². The van der Waals surface area contributed by atoms with E-state index in [1.807, 2.05) is 0 Å². The molecule has 0 bridgehead atoms. The highest BCUT2D eigenvalue weighted by Crippen LogP contribution is 2.35. The van der Waals surface area contributed by atoms with Gasteiger partial charge in [0, 0.05) is 23.8 Å². The maximum atomic E-state index is 13.3. The van der Waals surface area contributed by atoms with Crippen LogP contribution in [0.5, 0.6) is 0 Å². The first-order valence-corrected chi connectivity index (χ1v) is 11.7. The van der Waals surface area contributed by atoms with E-state index in [2.05, 4.69) is 5.32 Å². The normalized spacial score (nSPS) is 20.0. The summed E-state index contributed by atoms with van der Waals surface area (Å²) in [4.78, 5) is 27.7. The Bertz CT molecular complexity index is 1120. The molecule has 2 aromatic rings. The third kappa shape index (κ3) is 4.73. The van der Waals surface area contributed by atoms with Gasteiger partial charge in [0.05, 0.1) is 12.8 Å². The predicted molar refractivity (Wildman–Crippen MR) is 117 cm³/mol. The van der Waals surface area contributed by atoms with Gasteiger partial charge in [0.25, 0.3) is 0 Å². The van der Waals surface area contributed by atoms with Crippen LogP contribution in [-0.4, -0.2) is 49.4 Å². The molecule has 0 aliphatic carbocycles. The Balaban J connectivity index is 1.99. The van der Waals surface area contributed by atoms with Gasteiger partial charge in [-0.05, 0) is 49.2 Å². The van der Waals surface area contributed by atoms with Gasteiger partial charge in [0.2, 0.25) is 21.8 Å². The number of rotatable bonds is 5. The summed E-state index contributed by atoms with van der Waals surface area (Å²) in [5, 5.41) is 3.17. The number of carbonyl (C=O) groups is 2. The molecule has 0 spiro atoms. The summed E-state index contributed by atoms with van der Waals surface area (Å²) in [6, 6.07) is 10.6. The third-order valence-corrected chi connectivity index (χ3v) is 6.95. The van der Waals surface area contributed by atoms with Crippen molar-refractivity contribution in [2.24, 2.45) is 0 Å². The van der Waals surface area contributed by atoms with Crippen LogP contribution >= 0.6 is 11.6 Å². The number of nitrogens with zero attached hydrogens (tertiary/aromatic N) is 2.